The largest absolute Gasteiger partial charge is 0.508 e. The zero-order chi connectivity index (χ0) is 16.4. The molecule has 6 heteroatoms. The van der Waals surface area contributed by atoms with E-state index in [0.29, 0.717) is 18.7 Å². The second-order valence-electron chi connectivity index (χ2n) is 5.80. The molecule has 6 nitrogen and oxygen atoms in total. The topological polar surface area (TPSA) is 69.6 Å². The molecule has 1 fully saturated rings. The molecule has 23 heavy (non-hydrogen) atoms. The van der Waals surface area contributed by atoms with Gasteiger partial charge in [0.25, 0.3) is 5.91 Å². The van der Waals surface area contributed by atoms with Crippen molar-refractivity contribution in [3.8, 4) is 5.75 Å². The highest BCUT2D eigenvalue weighted by Gasteiger charge is 2.23. The number of amides is 1. The fourth-order valence-corrected chi connectivity index (χ4v) is 2.61. The third-order valence-corrected chi connectivity index (χ3v) is 4.22. The molecule has 1 amide bonds. The molecule has 1 aliphatic rings. The minimum atomic E-state index is -0.00387. The predicted molar refractivity (Wildman–Crippen MR) is 87.7 cm³/mol. The summed E-state index contributed by atoms with van der Waals surface area (Å²) in [5, 5.41) is 17.7. The number of anilines is 1. The van der Waals surface area contributed by atoms with Gasteiger partial charge in [-0.05, 0) is 49.7 Å². The summed E-state index contributed by atoms with van der Waals surface area (Å²) in [5.74, 6) is 1.03. The molecule has 0 saturated carbocycles. The molecule has 0 unspecified atom stereocenters. The van der Waals surface area contributed by atoms with Crippen LogP contribution in [0.1, 0.15) is 21.6 Å². The molecular weight excluding hydrogens is 292 g/mol. The zero-order valence-electron chi connectivity index (χ0n) is 13.4. The zero-order valence-corrected chi connectivity index (χ0v) is 13.4. The number of aromatic nitrogens is 2. The Labute approximate surface area is 135 Å². The van der Waals surface area contributed by atoms with Crippen LogP contribution >= 0.6 is 0 Å². The van der Waals surface area contributed by atoms with Gasteiger partial charge in [0.15, 0.2) is 5.82 Å². The lowest BCUT2D eigenvalue weighted by Gasteiger charge is -2.35. The molecule has 1 saturated heterocycles. The quantitative estimate of drug-likeness (QED) is 0.915. The Hall–Kier alpha value is -2.63. The number of carbonyl (C=O) groups excluding carboxylic acids is 1. The second-order valence-corrected chi connectivity index (χ2v) is 5.80. The highest BCUT2D eigenvalue weighted by atomic mass is 16.3. The molecule has 2 aromatic rings. The summed E-state index contributed by atoms with van der Waals surface area (Å²) in [4.78, 5) is 16.4. The maximum Gasteiger partial charge on any atom is 0.253 e. The molecule has 3 rings (SSSR count). The van der Waals surface area contributed by atoms with Crippen LogP contribution in [0.2, 0.25) is 0 Å². The molecule has 0 bridgehead atoms. The van der Waals surface area contributed by atoms with Crippen molar-refractivity contribution in [2.45, 2.75) is 13.8 Å². The van der Waals surface area contributed by atoms with Gasteiger partial charge in [-0.15, -0.1) is 5.10 Å². The Balaban J connectivity index is 1.64. The van der Waals surface area contributed by atoms with Gasteiger partial charge in [0.1, 0.15) is 5.75 Å². The Kier molecular flexibility index (Phi) is 4.14. The summed E-state index contributed by atoms with van der Waals surface area (Å²) in [6.45, 7) is 6.74. The van der Waals surface area contributed by atoms with Crippen molar-refractivity contribution < 1.29 is 9.90 Å². The fourth-order valence-electron chi connectivity index (χ4n) is 2.61. The van der Waals surface area contributed by atoms with E-state index in [0.717, 1.165) is 30.2 Å². The first kappa shape index (κ1) is 15.3. The standard InChI is InChI=1S/C17H20N4O2/c1-12-11-16(19-18-13(12)2)20-7-9-21(10-8-20)17(23)14-3-5-15(22)6-4-14/h3-6,11,22H,7-10H2,1-2H3. The number of aryl methyl sites for hydroxylation is 2. The van der Waals surface area contributed by atoms with Crippen LogP contribution in [-0.4, -0.2) is 52.3 Å². The fraction of sp³-hybridized carbons (Fsp3) is 0.353. The first-order chi connectivity index (χ1) is 11.0. The van der Waals surface area contributed by atoms with Crippen molar-refractivity contribution in [1.82, 2.24) is 15.1 Å². The minimum Gasteiger partial charge on any atom is -0.508 e. The van der Waals surface area contributed by atoms with E-state index in [9.17, 15) is 9.90 Å². The van der Waals surface area contributed by atoms with Crippen LogP contribution in [0.5, 0.6) is 5.75 Å². The second kappa shape index (κ2) is 6.24. The number of phenolic OH excluding ortho intramolecular Hbond substituents is 1. The minimum absolute atomic E-state index is 0.00387. The molecule has 1 aromatic heterocycles. The van der Waals surface area contributed by atoms with Gasteiger partial charge < -0.3 is 14.9 Å². The summed E-state index contributed by atoms with van der Waals surface area (Å²) in [7, 11) is 0. The van der Waals surface area contributed by atoms with E-state index in [-0.39, 0.29) is 11.7 Å². The van der Waals surface area contributed by atoms with Gasteiger partial charge in [-0.2, -0.15) is 5.10 Å². The number of piperazine rings is 1. The van der Waals surface area contributed by atoms with E-state index in [2.05, 4.69) is 15.1 Å². The number of rotatable bonds is 2. The van der Waals surface area contributed by atoms with Gasteiger partial charge in [-0.3, -0.25) is 4.79 Å². The summed E-state index contributed by atoms with van der Waals surface area (Å²) in [5.41, 5.74) is 2.66. The van der Waals surface area contributed by atoms with Crippen LogP contribution in [0.3, 0.4) is 0 Å². The maximum absolute atomic E-state index is 12.5. The highest BCUT2D eigenvalue weighted by molar-refractivity contribution is 5.94. The number of aromatic hydroxyl groups is 1. The number of hydrogen-bond donors (Lipinski definition) is 1. The molecule has 1 N–H and O–H groups in total. The van der Waals surface area contributed by atoms with E-state index in [1.807, 2.05) is 24.8 Å². The van der Waals surface area contributed by atoms with Gasteiger partial charge in [-0.25, -0.2) is 0 Å². The van der Waals surface area contributed by atoms with Crippen LogP contribution in [-0.2, 0) is 0 Å². The number of phenols is 1. The molecule has 1 aromatic carbocycles. The summed E-state index contributed by atoms with van der Waals surface area (Å²) >= 11 is 0. The van der Waals surface area contributed by atoms with E-state index < -0.39 is 0 Å². The van der Waals surface area contributed by atoms with Crippen molar-refractivity contribution >= 4 is 11.7 Å². The molecule has 1 aliphatic heterocycles. The lowest BCUT2D eigenvalue weighted by molar-refractivity contribution is 0.0746. The monoisotopic (exact) mass is 312 g/mol. The maximum atomic E-state index is 12.5. The molecule has 0 radical (unpaired) electrons. The Morgan fingerprint density at radius 2 is 1.70 bits per heavy atom. The van der Waals surface area contributed by atoms with E-state index in [4.69, 9.17) is 0 Å². The van der Waals surface area contributed by atoms with Gasteiger partial charge in [-0.1, -0.05) is 0 Å². The van der Waals surface area contributed by atoms with Gasteiger partial charge in [0.05, 0.1) is 5.69 Å². The highest BCUT2D eigenvalue weighted by Crippen LogP contribution is 2.17. The van der Waals surface area contributed by atoms with Crippen molar-refractivity contribution in [2.24, 2.45) is 0 Å². The molecular formula is C17H20N4O2. The average Bonchev–Trinajstić information content (AvgIpc) is 2.57. The van der Waals surface area contributed by atoms with E-state index in [1.165, 1.54) is 12.1 Å². The first-order valence-corrected chi connectivity index (χ1v) is 7.69. The number of carbonyl (C=O) groups is 1. The smallest absolute Gasteiger partial charge is 0.253 e. The SMILES string of the molecule is Cc1cc(N2CCN(C(=O)c3ccc(O)cc3)CC2)nnc1C. The molecule has 0 aliphatic carbocycles. The number of hydrogen-bond acceptors (Lipinski definition) is 5. The lowest BCUT2D eigenvalue weighted by Crippen LogP contribution is -2.49. The molecule has 120 valence electrons. The number of nitrogens with zero attached hydrogens (tertiary/aromatic N) is 4. The third-order valence-electron chi connectivity index (χ3n) is 4.22. The van der Waals surface area contributed by atoms with Gasteiger partial charge in [0.2, 0.25) is 0 Å². The van der Waals surface area contributed by atoms with Crippen LogP contribution in [0, 0.1) is 13.8 Å². The first-order valence-electron chi connectivity index (χ1n) is 7.69. The van der Waals surface area contributed by atoms with Gasteiger partial charge >= 0.3 is 0 Å². The van der Waals surface area contributed by atoms with E-state index >= 15 is 0 Å². The number of benzene rings is 1. The van der Waals surface area contributed by atoms with Crippen LogP contribution in [0.25, 0.3) is 0 Å². The predicted octanol–water partition coefficient (Wildman–Crippen LogP) is 1.76. The van der Waals surface area contributed by atoms with Crippen LogP contribution < -0.4 is 4.90 Å². The van der Waals surface area contributed by atoms with E-state index in [1.54, 1.807) is 12.1 Å². The third kappa shape index (κ3) is 3.26. The summed E-state index contributed by atoms with van der Waals surface area (Å²) in [6.07, 6.45) is 0. The Bertz CT molecular complexity index is 707. The van der Waals surface area contributed by atoms with Crippen LogP contribution in [0.4, 0.5) is 5.82 Å². The van der Waals surface area contributed by atoms with Crippen molar-refractivity contribution in [3.63, 3.8) is 0 Å². The summed E-state index contributed by atoms with van der Waals surface area (Å²) in [6, 6.07) is 8.42. The summed E-state index contributed by atoms with van der Waals surface area (Å²) < 4.78 is 0. The molecule has 0 spiro atoms. The van der Waals surface area contributed by atoms with Crippen molar-refractivity contribution in [3.05, 3.63) is 47.2 Å². The Morgan fingerprint density at radius 3 is 2.30 bits per heavy atom. The molecule has 0 atom stereocenters. The van der Waals surface area contributed by atoms with Crippen molar-refractivity contribution in [1.29, 1.82) is 0 Å². The Morgan fingerprint density at radius 1 is 1.04 bits per heavy atom. The van der Waals surface area contributed by atoms with Crippen molar-refractivity contribution in [2.75, 3.05) is 31.1 Å². The normalized spacial score (nSPS) is 14.9. The molecule has 2 heterocycles. The van der Waals surface area contributed by atoms with Crippen LogP contribution in [0.15, 0.2) is 30.3 Å². The lowest BCUT2D eigenvalue weighted by atomic mass is 10.1. The van der Waals surface area contributed by atoms with Gasteiger partial charge in [0, 0.05) is 31.7 Å². The average molecular weight is 312 g/mol.